The van der Waals surface area contributed by atoms with Crippen molar-refractivity contribution in [2.45, 2.75) is 5.54 Å². The van der Waals surface area contributed by atoms with E-state index in [2.05, 4.69) is 4.90 Å². The fourth-order valence-corrected chi connectivity index (χ4v) is 3.50. The largest absolute Gasteiger partial charge is 0.379 e. The maximum atomic E-state index is 13.5. The van der Waals surface area contributed by atoms with Gasteiger partial charge in [-0.1, -0.05) is 60.7 Å². The number of carbonyl (C=O) groups is 1. The Balaban J connectivity index is 2.25. The van der Waals surface area contributed by atoms with Gasteiger partial charge >= 0.3 is 0 Å². The van der Waals surface area contributed by atoms with Crippen LogP contribution in [0.3, 0.4) is 0 Å². The van der Waals surface area contributed by atoms with E-state index < -0.39 is 5.54 Å². The Bertz CT molecular complexity index is 625. The average molecular weight is 324 g/mol. The number of carbonyl (C=O) groups excluding carboxylic acids is 1. The van der Waals surface area contributed by atoms with Gasteiger partial charge in [-0.05, 0) is 11.1 Å². The molecule has 0 aliphatic carbocycles. The fourth-order valence-electron chi connectivity index (χ4n) is 3.50. The molecule has 1 aliphatic rings. The molecule has 0 saturated carbocycles. The van der Waals surface area contributed by atoms with Gasteiger partial charge in [-0.3, -0.25) is 9.69 Å². The lowest BCUT2D eigenvalue weighted by Crippen LogP contribution is -2.59. The molecule has 3 rings (SSSR count). The van der Waals surface area contributed by atoms with E-state index in [0.29, 0.717) is 13.2 Å². The summed E-state index contributed by atoms with van der Waals surface area (Å²) < 4.78 is 5.54. The summed E-state index contributed by atoms with van der Waals surface area (Å²) in [5.74, 6) is 0.0711. The zero-order valence-electron chi connectivity index (χ0n) is 14.3. The third-order valence-corrected chi connectivity index (χ3v) is 4.58. The quantitative estimate of drug-likeness (QED) is 0.865. The Morgan fingerprint density at radius 2 is 1.38 bits per heavy atom. The Morgan fingerprint density at radius 3 is 1.79 bits per heavy atom. The van der Waals surface area contributed by atoms with Gasteiger partial charge in [-0.2, -0.15) is 0 Å². The molecular formula is C20H24N2O2. The minimum atomic E-state index is -0.824. The van der Waals surface area contributed by atoms with Gasteiger partial charge in [-0.15, -0.1) is 0 Å². The molecule has 4 nitrogen and oxygen atoms in total. The maximum absolute atomic E-state index is 13.5. The predicted molar refractivity (Wildman–Crippen MR) is 94.8 cm³/mol. The molecule has 1 heterocycles. The normalized spacial score (nSPS) is 15.9. The molecule has 1 aliphatic heterocycles. The first kappa shape index (κ1) is 16.7. The van der Waals surface area contributed by atoms with E-state index in [1.54, 1.807) is 4.90 Å². The summed E-state index contributed by atoms with van der Waals surface area (Å²) in [6, 6.07) is 20.1. The molecule has 126 valence electrons. The van der Waals surface area contributed by atoms with E-state index >= 15 is 0 Å². The number of ether oxygens (including phenoxy) is 1. The summed E-state index contributed by atoms with van der Waals surface area (Å²) in [4.78, 5) is 17.5. The molecule has 24 heavy (non-hydrogen) atoms. The molecule has 0 N–H and O–H groups in total. The zero-order valence-corrected chi connectivity index (χ0v) is 14.3. The Hall–Kier alpha value is -2.17. The highest BCUT2D eigenvalue weighted by molar-refractivity contribution is 5.91. The van der Waals surface area contributed by atoms with Crippen LogP contribution in [0, 0.1) is 0 Å². The molecule has 1 fully saturated rings. The predicted octanol–water partition coefficient (Wildman–Crippen LogP) is 2.35. The highest BCUT2D eigenvalue weighted by atomic mass is 16.5. The molecule has 0 spiro atoms. The minimum absolute atomic E-state index is 0.0711. The average Bonchev–Trinajstić information content (AvgIpc) is 2.65. The summed E-state index contributed by atoms with van der Waals surface area (Å²) in [6.45, 7) is 2.73. The van der Waals surface area contributed by atoms with Gasteiger partial charge < -0.3 is 9.64 Å². The zero-order chi connectivity index (χ0) is 17.0. The first-order valence-electron chi connectivity index (χ1n) is 8.33. The van der Waals surface area contributed by atoms with Gasteiger partial charge in [0.1, 0.15) is 0 Å². The number of amides is 1. The van der Waals surface area contributed by atoms with Crippen molar-refractivity contribution in [3.05, 3.63) is 71.8 Å². The van der Waals surface area contributed by atoms with Crippen LogP contribution in [0.5, 0.6) is 0 Å². The lowest BCUT2D eigenvalue weighted by atomic mass is 9.79. The minimum Gasteiger partial charge on any atom is -0.379 e. The number of likely N-dealkylation sites (N-methyl/N-ethyl adjacent to an activating group) is 1. The van der Waals surface area contributed by atoms with Crippen molar-refractivity contribution >= 4 is 5.91 Å². The monoisotopic (exact) mass is 324 g/mol. The van der Waals surface area contributed by atoms with Crippen molar-refractivity contribution in [3.8, 4) is 0 Å². The first-order chi connectivity index (χ1) is 11.7. The summed E-state index contributed by atoms with van der Waals surface area (Å²) in [7, 11) is 3.65. The van der Waals surface area contributed by atoms with Crippen molar-refractivity contribution in [1.29, 1.82) is 0 Å². The van der Waals surface area contributed by atoms with E-state index in [1.165, 1.54) is 0 Å². The van der Waals surface area contributed by atoms with E-state index in [0.717, 1.165) is 24.2 Å². The summed E-state index contributed by atoms with van der Waals surface area (Å²) in [5, 5.41) is 0. The molecule has 2 aromatic carbocycles. The van der Waals surface area contributed by atoms with E-state index in [9.17, 15) is 4.79 Å². The van der Waals surface area contributed by atoms with Gasteiger partial charge in [0.2, 0.25) is 0 Å². The Labute approximate surface area is 143 Å². The van der Waals surface area contributed by atoms with Crippen molar-refractivity contribution < 1.29 is 9.53 Å². The van der Waals surface area contributed by atoms with Crippen LogP contribution in [0.2, 0.25) is 0 Å². The second-order valence-electron chi connectivity index (χ2n) is 6.24. The molecule has 1 amide bonds. The van der Waals surface area contributed by atoms with Crippen LogP contribution in [0.4, 0.5) is 0 Å². The standard InChI is InChI=1S/C20H24N2O2/c1-21(2)19(23)20(17-9-5-3-6-10-17,18-11-7-4-8-12-18)22-13-15-24-16-14-22/h3-12H,13-16H2,1-2H3. The SMILES string of the molecule is CN(C)C(=O)C(c1ccccc1)(c1ccccc1)N1CCOCC1. The molecule has 2 aromatic rings. The van der Waals surface area contributed by atoms with E-state index in [4.69, 9.17) is 4.74 Å². The number of hydrogen-bond acceptors (Lipinski definition) is 3. The van der Waals surface area contributed by atoms with Gasteiger partial charge in [-0.25, -0.2) is 0 Å². The van der Waals surface area contributed by atoms with Crippen LogP contribution in [0.15, 0.2) is 60.7 Å². The molecule has 1 saturated heterocycles. The number of benzene rings is 2. The lowest BCUT2D eigenvalue weighted by Gasteiger charge is -2.46. The molecule has 0 unspecified atom stereocenters. The number of nitrogens with zero attached hydrogens (tertiary/aromatic N) is 2. The maximum Gasteiger partial charge on any atom is 0.251 e. The van der Waals surface area contributed by atoms with Crippen LogP contribution >= 0.6 is 0 Å². The van der Waals surface area contributed by atoms with Gasteiger partial charge in [0.25, 0.3) is 5.91 Å². The van der Waals surface area contributed by atoms with Crippen molar-refractivity contribution in [2.24, 2.45) is 0 Å². The van der Waals surface area contributed by atoms with E-state index in [1.807, 2.05) is 74.8 Å². The van der Waals surface area contributed by atoms with Crippen LogP contribution in [-0.4, -0.2) is 56.1 Å². The second kappa shape index (κ2) is 7.16. The molecule has 0 radical (unpaired) electrons. The molecular weight excluding hydrogens is 300 g/mol. The molecule has 0 bridgehead atoms. The van der Waals surface area contributed by atoms with Crippen LogP contribution in [0.1, 0.15) is 11.1 Å². The van der Waals surface area contributed by atoms with Gasteiger partial charge in [0.15, 0.2) is 5.54 Å². The lowest BCUT2D eigenvalue weighted by molar-refractivity contribution is -0.143. The highest BCUT2D eigenvalue weighted by Gasteiger charge is 2.48. The second-order valence-corrected chi connectivity index (χ2v) is 6.24. The smallest absolute Gasteiger partial charge is 0.251 e. The fraction of sp³-hybridized carbons (Fsp3) is 0.350. The van der Waals surface area contributed by atoms with Gasteiger partial charge in [0.05, 0.1) is 13.2 Å². The Morgan fingerprint density at radius 1 is 0.917 bits per heavy atom. The molecule has 4 heteroatoms. The first-order valence-corrected chi connectivity index (χ1v) is 8.33. The van der Waals surface area contributed by atoms with Gasteiger partial charge in [0, 0.05) is 27.2 Å². The molecule has 0 aromatic heterocycles. The van der Waals surface area contributed by atoms with E-state index in [-0.39, 0.29) is 5.91 Å². The number of morpholine rings is 1. The third-order valence-electron chi connectivity index (χ3n) is 4.58. The summed E-state index contributed by atoms with van der Waals surface area (Å²) >= 11 is 0. The topological polar surface area (TPSA) is 32.8 Å². The highest BCUT2D eigenvalue weighted by Crippen LogP contribution is 2.38. The molecule has 0 atom stereocenters. The Kier molecular flexibility index (Phi) is 4.97. The third kappa shape index (κ3) is 2.83. The number of rotatable bonds is 4. The van der Waals surface area contributed by atoms with Crippen LogP contribution in [0.25, 0.3) is 0 Å². The summed E-state index contributed by atoms with van der Waals surface area (Å²) in [5.41, 5.74) is 1.17. The van der Waals surface area contributed by atoms with Crippen molar-refractivity contribution in [3.63, 3.8) is 0 Å². The summed E-state index contributed by atoms with van der Waals surface area (Å²) in [6.07, 6.45) is 0. The van der Waals surface area contributed by atoms with Crippen molar-refractivity contribution in [1.82, 2.24) is 9.80 Å². The van der Waals surface area contributed by atoms with Crippen molar-refractivity contribution in [2.75, 3.05) is 40.4 Å². The van der Waals surface area contributed by atoms with Crippen LogP contribution in [-0.2, 0) is 15.1 Å². The van der Waals surface area contributed by atoms with Crippen LogP contribution < -0.4 is 0 Å². The number of hydrogen-bond donors (Lipinski definition) is 0.